The van der Waals surface area contributed by atoms with Crippen LogP contribution in [0.1, 0.15) is 29.5 Å². The summed E-state index contributed by atoms with van der Waals surface area (Å²) in [6, 6.07) is 21.8. The number of furan rings is 1. The second-order valence-electron chi connectivity index (χ2n) is 6.43. The number of carbonyl (C=O) groups excluding carboxylic acids is 1. The molecule has 0 fully saturated rings. The van der Waals surface area contributed by atoms with Crippen molar-refractivity contribution >= 4 is 16.8 Å². The Balaban J connectivity index is 1.70. The van der Waals surface area contributed by atoms with Crippen molar-refractivity contribution in [2.24, 2.45) is 0 Å². The van der Waals surface area contributed by atoms with Gasteiger partial charge >= 0.3 is 0 Å². The number of rotatable bonds is 6. The Hall–Kier alpha value is -3.34. The molecule has 2 aromatic carbocycles. The van der Waals surface area contributed by atoms with E-state index in [1.165, 1.54) is 5.56 Å². The lowest BCUT2D eigenvalue weighted by Crippen LogP contribution is -2.23. The molecule has 0 aliphatic heterocycles. The Bertz CT molecular complexity index is 1060. The first-order chi connectivity index (χ1) is 13.3. The van der Waals surface area contributed by atoms with Crippen molar-refractivity contribution in [1.82, 2.24) is 15.1 Å². The SMILES string of the molecule is CCCNC(=O)c1ccc(-c2nn(Cc3ccccc3)c3ccccc23)o1. The topological polar surface area (TPSA) is 60.1 Å². The van der Waals surface area contributed by atoms with Gasteiger partial charge in [0.25, 0.3) is 5.91 Å². The van der Waals surface area contributed by atoms with E-state index in [0.29, 0.717) is 24.6 Å². The van der Waals surface area contributed by atoms with Crippen molar-refractivity contribution in [1.29, 1.82) is 0 Å². The van der Waals surface area contributed by atoms with Crippen molar-refractivity contribution in [3.05, 3.63) is 78.1 Å². The van der Waals surface area contributed by atoms with Gasteiger partial charge in [-0.25, -0.2) is 0 Å². The standard InChI is InChI=1S/C22H21N3O2/c1-2-14-23-22(26)20-13-12-19(27-20)21-17-10-6-7-11-18(17)25(24-21)15-16-8-4-3-5-9-16/h3-13H,2,14-15H2,1H3,(H,23,26). The van der Waals surface area contributed by atoms with E-state index >= 15 is 0 Å². The van der Waals surface area contributed by atoms with E-state index in [2.05, 4.69) is 17.4 Å². The maximum absolute atomic E-state index is 12.1. The summed E-state index contributed by atoms with van der Waals surface area (Å²) in [4.78, 5) is 12.1. The zero-order valence-electron chi connectivity index (χ0n) is 15.2. The average Bonchev–Trinajstić information content (AvgIpc) is 3.32. The van der Waals surface area contributed by atoms with Gasteiger partial charge in [0.15, 0.2) is 11.5 Å². The molecule has 0 aliphatic rings. The first kappa shape index (κ1) is 17.1. The summed E-state index contributed by atoms with van der Waals surface area (Å²) in [5, 5.41) is 8.61. The van der Waals surface area contributed by atoms with Crippen LogP contribution in [0, 0.1) is 0 Å². The highest BCUT2D eigenvalue weighted by molar-refractivity contribution is 5.94. The molecular weight excluding hydrogens is 338 g/mol. The molecule has 0 bridgehead atoms. The summed E-state index contributed by atoms with van der Waals surface area (Å²) in [6.07, 6.45) is 0.883. The molecule has 136 valence electrons. The predicted octanol–water partition coefficient (Wildman–Crippen LogP) is 4.48. The van der Waals surface area contributed by atoms with Gasteiger partial charge in [-0.05, 0) is 30.2 Å². The normalized spacial score (nSPS) is 11.0. The Morgan fingerprint density at radius 2 is 1.81 bits per heavy atom. The van der Waals surface area contributed by atoms with Crippen LogP contribution in [-0.4, -0.2) is 22.2 Å². The lowest BCUT2D eigenvalue weighted by molar-refractivity contribution is 0.0927. The van der Waals surface area contributed by atoms with Gasteiger partial charge in [0, 0.05) is 11.9 Å². The zero-order chi connectivity index (χ0) is 18.6. The summed E-state index contributed by atoms with van der Waals surface area (Å²) in [6.45, 7) is 3.31. The quantitative estimate of drug-likeness (QED) is 0.552. The molecule has 0 atom stereocenters. The minimum atomic E-state index is -0.198. The van der Waals surface area contributed by atoms with Crippen molar-refractivity contribution < 1.29 is 9.21 Å². The number of fused-ring (bicyclic) bond motifs is 1. The smallest absolute Gasteiger partial charge is 0.287 e. The monoisotopic (exact) mass is 359 g/mol. The third-order valence-corrected chi connectivity index (χ3v) is 4.43. The second-order valence-corrected chi connectivity index (χ2v) is 6.43. The van der Waals surface area contributed by atoms with Gasteiger partial charge in [-0.1, -0.05) is 55.5 Å². The second kappa shape index (κ2) is 7.50. The summed E-state index contributed by atoms with van der Waals surface area (Å²) in [5.74, 6) is 0.705. The number of nitrogens with one attached hydrogen (secondary N) is 1. The Morgan fingerprint density at radius 3 is 2.63 bits per heavy atom. The molecule has 4 rings (SSSR count). The molecule has 1 N–H and O–H groups in total. The van der Waals surface area contributed by atoms with Crippen LogP contribution in [0.25, 0.3) is 22.4 Å². The van der Waals surface area contributed by atoms with Gasteiger partial charge in [-0.2, -0.15) is 5.10 Å². The Kier molecular flexibility index (Phi) is 4.75. The fourth-order valence-corrected chi connectivity index (χ4v) is 3.10. The third-order valence-electron chi connectivity index (χ3n) is 4.43. The van der Waals surface area contributed by atoms with Crippen molar-refractivity contribution in [3.8, 4) is 11.5 Å². The number of carbonyl (C=O) groups is 1. The molecule has 5 nitrogen and oxygen atoms in total. The molecule has 0 saturated heterocycles. The number of hydrogen-bond donors (Lipinski definition) is 1. The van der Waals surface area contributed by atoms with E-state index in [4.69, 9.17) is 9.52 Å². The average molecular weight is 359 g/mol. The molecule has 1 amide bonds. The van der Waals surface area contributed by atoms with Crippen LogP contribution in [0.5, 0.6) is 0 Å². The zero-order valence-corrected chi connectivity index (χ0v) is 15.2. The van der Waals surface area contributed by atoms with Crippen molar-refractivity contribution in [2.45, 2.75) is 19.9 Å². The van der Waals surface area contributed by atoms with Crippen LogP contribution in [0.15, 0.2) is 71.1 Å². The summed E-state index contributed by atoms with van der Waals surface area (Å²) >= 11 is 0. The first-order valence-electron chi connectivity index (χ1n) is 9.14. The van der Waals surface area contributed by atoms with E-state index in [1.54, 1.807) is 6.07 Å². The molecule has 0 unspecified atom stereocenters. The first-order valence-corrected chi connectivity index (χ1v) is 9.14. The molecule has 4 aromatic rings. The highest BCUT2D eigenvalue weighted by Gasteiger charge is 2.17. The highest BCUT2D eigenvalue weighted by atomic mass is 16.4. The molecular formula is C22H21N3O2. The Morgan fingerprint density at radius 1 is 1.04 bits per heavy atom. The molecule has 0 aliphatic carbocycles. The van der Waals surface area contributed by atoms with Crippen LogP contribution in [0.3, 0.4) is 0 Å². The van der Waals surface area contributed by atoms with Crippen LogP contribution in [-0.2, 0) is 6.54 Å². The molecule has 0 spiro atoms. The number of hydrogen-bond acceptors (Lipinski definition) is 3. The number of benzene rings is 2. The molecule has 5 heteroatoms. The maximum atomic E-state index is 12.1. The summed E-state index contributed by atoms with van der Waals surface area (Å²) < 4.78 is 7.78. The van der Waals surface area contributed by atoms with E-state index in [0.717, 1.165) is 23.0 Å². The fourth-order valence-electron chi connectivity index (χ4n) is 3.10. The van der Waals surface area contributed by atoms with E-state index in [-0.39, 0.29) is 5.91 Å². The Labute approximate surface area is 157 Å². The highest BCUT2D eigenvalue weighted by Crippen LogP contribution is 2.29. The van der Waals surface area contributed by atoms with Gasteiger partial charge < -0.3 is 9.73 Å². The number of para-hydroxylation sites is 1. The minimum absolute atomic E-state index is 0.198. The van der Waals surface area contributed by atoms with Crippen molar-refractivity contribution in [3.63, 3.8) is 0 Å². The van der Waals surface area contributed by atoms with Crippen LogP contribution in [0.4, 0.5) is 0 Å². The fraction of sp³-hybridized carbons (Fsp3) is 0.182. The predicted molar refractivity (Wildman–Crippen MR) is 106 cm³/mol. The summed E-state index contributed by atoms with van der Waals surface area (Å²) in [7, 11) is 0. The van der Waals surface area contributed by atoms with Crippen LogP contribution >= 0.6 is 0 Å². The molecule has 27 heavy (non-hydrogen) atoms. The molecule has 2 heterocycles. The van der Waals surface area contributed by atoms with Gasteiger partial charge in [0.2, 0.25) is 0 Å². The van der Waals surface area contributed by atoms with E-state index < -0.39 is 0 Å². The molecule has 0 saturated carbocycles. The number of nitrogens with zero attached hydrogens (tertiary/aromatic N) is 2. The lowest BCUT2D eigenvalue weighted by atomic mass is 10.2. The van der Waals surface area contributed by atoms with Gasteiger partial charge in [0.1, 0.15) is 5.69 Å². The molecule has 2 aromatic heterocycles. The largest absolute Gasteiger partial charge is 0.449 e. The lowest BCUT2D eigenvalue weighted by Gasteiger charge is -2.03. The van der Waals surface area contributed by atoms with E-state index in [9.17, 15) is 4.79 Å². The van der Waals surface area contributed by atoms with Gasteiger partial charge in [-0.3, -0.25) is 9.48 Å². The maximum Gasteiger partial charge on any atom is 0.287 e. The van der Waals surface area contributed by atoms with Gasteiger partial charge in [-0.15, -0.1) is 0 Å². The van der Waals surface area contributed by atoms with Crippen molar-refractivity contribution in [2.75, 3.05) is 6.54 Å². The minimum Gasteiger partial charge on any atom is -0.449 e. The van der Waals surface area contributed by atoms with Crippen LogP contribution < -0.4 is 5.32 Å². The summed E-state index contributed by atoms with van der Waals surface area (Å²) in [5.41, 5.74) is 2.96. The van der Waals surface area contributed by atoms with E-state index in [1.807, 2.05) is 60.1 Å². The number of aromatic nitrogens is 2. The molecule has 0 radical (unpaired) electrons. The van der Waals surface area contributed by atoms with Gasteiger partial charge in [0.05, 0.1) is 12.1 Å². The van der Waals surface area contributed by atoms with Crippen LogP contribution in [0.2, 0.25) is 0 Å². The third kappa shape index (κ3) is 3.49. The number of amides is 1.